The molecule has 128 valence electrons. The van der Waals surface area contributed by atoms with Crippen molar-refractivity contribution in [3.05, 3.63) is 54.5 Å². The fourth-order valence-electron chi connectivity index (χ4n) is 2.16. The number of ether oxygens (including phenoxy) is 2. The minimum atomic E-state index is 0.361. The van der Waals surface area contributed by atoms with E-state index in [1.807, 2.05) is 24.3 Å². The molecule has 0 bridgehead atoms. The van der Waals surface area contributed by atoms with E-state index in [4.69, 9.17) is 9.47 Å². The van der Waals surface area contributed by atoms with Crippen molar-refractivity contribution in [3.8, 4) is 11.5 Å². The van der Waals surface area contributed by atoms with E-state index in [0.29, 0.717) is 29.8 Å². The molecule has 0 fully saturated rings. The third-order valence-electron chi connectivity index (χ3n) is 3.41. The first-order chi connectivity index (χ1) is 12.3. The maximum absolute atomic E-state index is 5.35. The van der Waals surface area contributed by atoms with Gasteiger partial charge in [0.25, 0.3) is 0 Å². The molecule has 3 aromatic rings. The Morgan fingerprint density at radius 3 is 2.76 bits per heavy atom. The first-order valence-electron chi connectivity index (χ1n) is 7.60. The largest absolute Gasteiger partial charge is 0.497 e. The molecular formula is C17H18N6O2. The normalized spacial score (nSPS) is 10.2. The molecule has 0 spiro atoms. The molecule has 0 saturated carbocycles. The van der Waals surface area contributed by atoms with Crippen LogP contribution in [0.15, 0.2) is 48.9 Å². The Kier molecular flexibility index (Phi) is 5.20. The van der Waals surface area contributed by atoms with Gasteiger partial charge in [0, 0.05) is 25.0 Å². The second-order valence-corrected chi connectivity index (χ2v) is 5.07. The molecular weight excluding hydrogens is 320 g/mol. The lowest BCUT2D eigenvalue weighted by atomic mass is 10.2. The van der Waals surface area contributed by atoms with Gasteiger partial charge in [0.2, 0.25) is 5.95 Å². The van der Waals surface area contributed by atoms with Crippen molar-refractivity contribution >= 4 is 17.5 Å². The highest BCUT2D eigenvalue weighted by Gasteiger charge is 2.08. The number of methoxy groups -OCH3 is 2. The lowest BCUT2D eigenvalue weighted by Crippen LogP contribution is -2.06. The SMILES string of the molecule is COc1ccc(Nc2nncc(NCc3cccnc3)n2)c(OC)c1. The van der Waals surface area contributed by atoms with Crippen molar-refractivity contribution in [1.82, 2.24) is 20.2 Å². The lowest BCUT2D eigenvalue weighted by Gasteiger charge is -2.12. The predicted octanol–water partition coefficient (Wildman–Crippen LogP) is 2.64. The van der Waals surface area contributed by atoms with Gasteiger partial charge in [0.1, 0.15) is 11.5 Å². The van der Waals surface area contributed by atoms with Gasteiger partial charge in [-0.25, -0.2) is 0 Å². The Bertz CT molecular complexity index is 828. The standard InChI is InChI=1S/C17H18N6O2/c1-24-13-5-6-14(15(8-13)25-2)21-17-22-16(11-20-23-17)19-10-12-4-3-7-18-9-12/h3-9,11H,10H2,1-2H3,(H2,19,21,22,23). The molecule has 3 rings (SSSR count). The first kappa shape index (κ1) is 16.4. The van der Waals surface area contributed by atoms with Crippen molar-refractivity contribution in [2.24, 2.45) is 0 Å². The van der Waals surface area contributed by atoms with Crippen LogP contribution < -0.4 is 20.1 Å². The molecule has 0 aliphatic rings. The maximum Gasteiger partial charge on any atom is 0.249 e. The Labute approximate surface area is 145 Å². The number of nitrogens with one attached hydrogen (secondary N) is 2. The zero-order valence-corrected chi connectivity index (χ0v) is 13.9. The Morgan fingerprint density at radius 1 is 1.08 bits per heavy atom. The number of aromatic nitrogens is 4. The summed E-state index contributed by atoms with van der Waals surface area (Å²) in [6.07, 6.45) is 5.09. The van der Waals surface area contributed by atoms with Gasteiger partial charge in [0.15, 0.2) is 5.82 Å². The van der Waals surface area contributed by atoms with Crippen molar-refractivity contribution in [3.63, 3.8) is 0 Å². The summed E-state index contributed by atoms with van der Waals surface area (Å²) < 4.78 is 10.5. The van der Waals surface area contributed by atoms with Crippen molar-refractivity contribution < 1.29 is 9.47 Å². The summed E-state index contributed by atoms with van der Waals surface area (Å²) in [5.41, 5.74) is 1.77. The molecule has 2 N–H and O–H groups in total. The average molecular weight is 338 g/mol. The third kappa shape index (κ3) is 4.31. The van der Waals surface area contributed by atoms with Crippen molar-refractivity contribution in [1.29, 1.82) is 0 Å². The summed E-state index contributed by atoms with van der Waals surface area (Å²) >= 11 is 0. The molecule has 8 nitrogen and oxygen atoms in total. The number of hydrogen-bond donors (Lipinski definition) is 2. The van der Waals surface area contributed by atoms with E-state index < -0.39 is 0 Å². The topological polar surface area (TPSA) is 94.1 Å². The van der Waals surface area contributed by atoms with Gasteiger partial charge in [0.05, 0.1) is 26.1 Å². The van der Waals surface area contributed by atoms with Crippen molar-refractivity contribution in [2.75, 3.05) is 24.9 Å². The molecule has 0 unspecified atom stereocenters. The van der Waals surface area contributed by atoms with E-state index in [9.17, 15) is 0 Å². The van der Waals surface area contributed by atoms with Crippen molar-refractivity contribution in [2.45, 2.75) is 6.54 Å². The molecule has 0 radical (unpaired) electrons. The number of rotatable bonds is 7. The Hall–Kier alpha value is -3.42. The zero-order valence-electron chi connectivity index (χ0n) is 13.9. The second kappa shape index (κ2) is 7.91. The van der Waals surface area contributed by atoms with Crippen LogP contribution in [0.5, 0.6) is 11.5 Å². The molecule has 25 heavy (non-hydrogen) atoms. The van der Waals surface area contributed by atoms with E-state index in [1.165, 1.54) is 0 Å². The van der Waals surface area contributed by atoms with Crippen LogP contribution in [0.25, 0.3) is 0 Å². The summed E-state index contributed by atoms with van der Waals surface area (Å²) in [4.78, 5) is 8.48. The van der Waals surface area contributed by atoms with Crippen LogP contribution in [0.2, 0.25) is 0 Å². The molecule has 0 atom stereocenters. The number of anilines is 3. The van der Waals surface area contributed by atoms with E-state index in [-0.39, 0.29) is 0 Å². The fraction of sp³-hybridized carbons (Fsp3) is 0.176. The van der Waals surface area contributed by atoms with Crippen LogP contribution in [0.4, 0.5) is 17.5 Å². The minimum Gasteiger partial charge on any atom is -0.497 e. The summed E-state index contributed by atoms with van der Waals surface area (Å²) in [5.74, 6) is 2.29. The van der Waals surface area contributed by atoms with Gasteiger partial charge in [-0.15, -0.1) is 5.10 Å². The van der Waals surface area contributed by atoms with Crippen LogP contribution in [0, 0.1) is 0 Å². The number of benzene rings is 1. The summed E-state index contributed by atoms with van der Waals surface area (Å²) in [6.45, 7) is 0.595. The highest BCUT2D eigenvalue weighted by Crippen LogP contribution is 2.30. The molecule has 0 saturated heterocycles. The quantitative estimate of drug-likeness (QED) is 0.679. The number of pyridine rings is 1. The van der Waals surface area contributed by atoms with Gasteiger partial charge in [-0.1, -0.05) is 6.07 Å². The summed E-state index contributed by atoms with van der Waals surface area (Å²) in [7, 11) is 3.19. The van der Waals surface area contributed by atoms with Gasteiger partial charge < -0.3 is 20.1 Å². The fourth-order valence-corrected chi connectivity index (χ4v) is 2.16. The van der Waals surface area contributed by atoms with Crippen LogP contribution in [-0.4, -0.2) is 34.4 Å². The minimum absolute atomic E-state index is 0.361. The number of hydrogen-bond acceptors (Lipinski definition) is 8. The summed E-state index contributed by atoms with van der Waals surface area (Å²) in [5, 5.41) is 14.2. The Balaban J connectivity index is 1.71. The molecule has 0 aliphatic carbocycles. The first-order valence-corrected chi connectivity index (χ1v) is 7.60. The molecule has 1 aromatic carbocycles. The third-order valence-corrected chi connectivity index (χ3v) is 3.41. The van der Waals surface area contributed by atoms with Gasteiger partial charge in [-0.05, 0) is 23.8 Å². The Morgan fingerprint density at radius 2 is 2.00 bits per heavy atom. The summed E-state index contributed by atoms with van der Waals surface area (Å²) in [6, 6.07) is 9.30. The zero-order chi connectivity index (χ0) is 17.5. The van der Waals surface area contributed by atoms with E-state index in [0.717, 1.165) is 11.3 Å². The van der Waals surface area contributed by atoms with Crippen LogP contribution in [0.3, 0.4) is 0 Å². The van der Waals surface area contributed by atoms with Crippen LogP contribution in [-0.2, 0) is 6.54 Å². The highest BCUT2D eigenvalue weighted by atomic mass is 16.5. The number of nitrogens with zero attached hydrogens (tertiary/aromatic N) is 4. The smallest absolute Gasteiger partial charge is 0.249 e. The second-order valence-electron chi connectivity index (χ2n) is 5.07. The van der Waals surface area contributed by atoms with Crippen LogP contribution in [0.1, 0.15) is 5.56 Å². The van der Waals surface area contributed by atoms with E-state index >= 15 is 0 Å². The lowest BCUT2D eigenvalue weighted by molar-refractivity contribution is 0.395. The molecule has 0 amide bonds. The van der Waals surface area contributed by atoms with Gasteiger partial charge in [-0.3, -0.25) is 4.98 Å². The van der Waals surface area contributed by atoms with E-state index in [1.54, 1.807) is 38.9 Å². The molecule has 2 aromatic heterocycles. The van der Waals surface area contributed by atoms with Gasteiger partial charge >= 0.3 is 0 Å². The predicted molar refractivity (Wildman–Crippen MR) is 94.2 cm³/mol. The molecule has 0 aliphatic heterocycles. The highest BCUT2D eigenvalue weighted by molar-refractivity contribution is 5.64. The van der Waals surface area contributed by atoms with Gasteiger partial charge in [-0.2, -0.15) is 10.1 Å². The van der Waals surface area contributed by atoms with E-state index in [2.05, 4.69) is 30.8 Å². The maximum atomic E-state index is 5.35. The monoisotopic (exact) mass is 338 g/mol. The molecule has 2 heterocycles. The average Bonchev–Trinajstić information content (AvgIpc) is 2.68. The van der Waals surface area contributed by atoms with Crippen LogP contribution >= 0.6 is 0 Å². The molecule has 8 heteroatoms.